The van der Waals surface area contributed by atoms with Crippen LogP contribution in [0.1, 0.15) is 31.7 Å². The molecular weight excluding hydrogens is 193 g/mol. The molecule has 0 unspecified atom stereocenters. The number of unbranched alkanes of at least 4 members (excludes halogenated alkanes) is 2. The summed E-state index contributed by atoms with van der Waals surface area (Å²) in [5.74, 6) is -0.249. The molecule has 0 saturated heterocycles. The monoisotopic (exact) mass is 209 g/mol. The van der Waals surface area contributed by atoms with Gasteiger partial charge in [-0.3, -0.25) is 0 Å². The van der Waals surface area contributed by atoms with Crippen molar-refractivity contribution in [1.82, 2.24) is 0 Å². The molecule has 0 N–H and O–H groups in total. The summed E-state index contributed by atoms with van der Waals surface area (Å²) in [5.41, 5.74) is 0.533. The van der Waals surface area contributed by atoms with Crippen LogP contribution in [0, 0.1) is 5.82 Å². The number of rotatable bonds is 6. The van der Waals surface area contributed by atoms with E-state index in [1.807, 2.05) is 0 Å². The summed E-state index contributed by atoms with van der Waals surface area (Å²) < 4.78 is 13.1. The molecule has 0 aliphatic heterocycles. The highest BCUT2D eigenvalue weighted by atomic mass is 19.1. The zero-order valence-corrected chi connectivity index (χ0v) is 8.95. The smallest absolute Gasteiger partial charge is 0.145 e. The standard InChI is InChI=1S/C12H16FNO/c1-2-3-6-9-14-15-10-11-7-4-5-8-12(11)13/h4-5,7-9H,2-3,6,10H2,1H3. The summed E-state index contributed by atoms with van der Waals surface area (Å²) in [5, 5.41) is 3.75. The minimum Gasteiger partial charge on any atom is -0.391 e. The topological polar surface area (TPSA) is 21.6 Å². The van der Waals surface area contributed by atoms with E-state index in [-0.39, 0.29) is 12.4 Å². The Bertz CT molecular complexity index is 312. The molecule has 0 atom stereocenters. The van der Waals surface area contributed by atoms with Crippen molar-refractivity contribution in [2.75, 3.05) is 0 Å². The summed E-state index contributed by atoms with van der Waals surface area (Å²) >= 11 is 0. The number of hydrogen-bond acceptors (Lipinski definition) is 2. The Morgan fingerprint density at radius 2 is 2.20 bits per heavy atom. The van der Waals surface area contributed by atoms with Gasteiger partial charge in [0, 0.05) is 11.8 Å². The highest BCUT2D eigenvalue weighted by Crippen LogP contribution is 2.07. The molecule has 1 aromatic carbocycles. The van der Waals surface area contributed by atoms with Crippen molar-refractivity contribution >= 4 is 6.21 Å². The Balaban J connectivity index is 2.26. The predicted octanol–water partition coefficient (Wildman–Crippen LogP) is 3.52. The van der Waals surface area contributed by atoms with Gasteiger partial charge >= 0.3 is 0 Å². The van der Waals surface area contributed by atoms with E-state index in [1.165, 1.54) is 6.07 Å². The average Bonchev–Trinajstić information content (AvgIpc) is 2.25. The first-order chi connectivity index (χ1) is 7.34. The first-order valence-corrected chi connectivity index (χ1v) is 5.21. The minimum atomic E-state index is -0.249. The van der Waals surface area contributed by atoms with Crippen molar-refractivity contribution in [3.8, 4) is 0 Å². The van der Waals surface area contributed by atoms with E-state index in [0.717, 1.165) is 19.3 Å². The molecule has 0 amide bonds. The quantitative estimate of drug-likeness (QED) is 0.399. The van der Waals surface area contributed by atoms with Gasteiger partial charge in [0.25, 0.3) is 0 Å². The third kappa shape index (κ3) is 4.58. The van der Waals surface area contributed by atoms with Crippen molar-refractivity contribution in [3.63, 3.8) is 0 Å². The van der Waals surface area contributed by atoms with Crippen LogP contribution in [0.25, 0.3) is 0 Å². The fourth-order valence-corrected chi connectivity index (χ4v) is 1.12. The van der Waals surface area contributed by atoms with E-state index in [4.69, 9.17) is 4.84 Å². The fourth-order valence-electron chi connectivity index (χ4n) is 1.12. The summed E-state index contributed by atoms with van der Waals surface area (Å²) in [6.07, 6.45) is 4.88. The molecule has 82 valence electrons. The molecule has 0 heterocycles. The van der Waals surface area contributed by atoms with Crippen molar-refractivity contribution in [1.29, 1.82) is 0 Å². The van der Waals surface area contributed by atoms with Gasteiger partial charge in [-0.2, -0.15) is 0 Å². The van der Waals surface area contributed by atoms with Crippen LogP contribution < -0.4 is 0 Å². The molecule has 15 heavy (non-hydrogen) atoms. The normalized spacial score (nSPS) is 10.8. The Kier molecular flexibility index (Phi) is 5.44. The van der Waals surface area contributed by atoms with Gasteiger partial charge in [0.1, 0.15) is 12.4 Å². The van der Waals surface area contributed by atoms with Gasteiger partial charge in [0.15, 0.2) is 0 Å². The lowest BCUT2D eigenvalue weighted by atomic mass is 10.2. The summed E-state index contributed by atoms with van der Waals surface area (Å²) in [7, 11) is 0. The van der Waals surface area contributed by atoms with Crippen LogP contribution in [0.4, 0.5) is 4.39 Å². The maximum absolute atomic E-state index is 13.1. The molecule has 0 bridgehead atoms. The number of halogens is 1. The molecule has 0 fully saturated rings. The second-order valence-electron chi connectivity index (χ2n) is 3.30. The molecule has 0 saturated carbocycles. The van der Waals surface area contributed by atoms with E-state index in [2.05, 4.69) is 12.1 Å². The largest absolute Gasteiger partial charge is 0.391 e. The first kappa shape index (κ1) is 11.7. The molecule has 0 radical (unpaired) electrons. The van der Waals surface area contributed by atoms with Crippen LogP contribution in [0.5, 0.6) is 0 Å². The van der Waals surface area contributed by atoms with Crippen molar-refractivity contribution in [2.45, 2.75) is 32.8 Å². The molecule has 1 aromatic rings. The maximum atomic E-state index is 13.1. The van der Waals surface area contributed by atoms with Gasteiger partial charge in [0.2, 0.25) is 0 Å². The zero-order valence-electron chi connectivity index (χ0n) is 8.95. The van der Waals surface area contributed by atoms with Crippen molar-refractivity contribution in [2.24, 2.45) is 5.16 Å². The molecule has 2 nitrogen and oxygen atoms in total. The highest BCUT2D eigenvalue weighted by molar-refractivity contribution is 5.56. The predicted molar refractivity (Wildman–Crippen MR) is 59.2 cm³/mol. The lowest BCUT2D eigenvalue weighted by Gasteiger charge is -2.00. The van der Waals surface area contributed by atoms with Gasteiger partial charge in [-0.1, -0.05) is 36.7 Å². The highest BCUT2D eigenvalue weighted by Gasteiger charge is 1.99. The lowest BCUT2D eigenvalue weighted by molar-refractivity contribution is 0.129. The Morgan fingerprint density at radius 1 is 1.40 bits per heavy atom. The number of hydrogen-bond donors (Lipinski definition) is 0. The molecule has 0 aliphatic carbocycles. The molecular formula is C12H16FNO. The van der Waals surface area contributed by atoms with Gasteiger partial charge in [-0.05, 0) is 18.9 Å². The fraction of sp³-hybridized carbons (Fsp3) is 0.417. The van der Waals surface area contributed by atoms with Gasteiger partial charge in [0.05, 0.1) is 0 Å². The van der Waals surface area contributed by atoms with Gasteiger partial charge in [-0.25, -0.2) is 4.39 Å². The molecule has 0 aliphatic rings. The second-order valence-corrected chi connectivity index (χ2v) is 3.30. The van der Waals surface area contributed by atoms with Crippen LogP contribution in [0.2, 0.25) is 0 Å². The van der Waals surface area contributed by atoms with E-state index in [9.17, 15) is 4.39 Å². The van der Waals surface area contributed by atoms with Crippen molar-refractivity contribution < 1.29 is 9.23 Å². The van der Waals surface area contributed by atoms with Crippen LogP contribution in [0.15, 0.2) is 29.4 Å². The lowest BCUT2D eigenvalue weighted by Crippen LogP contribution is -1.91. The first-order valence-electron chi connectivity index (χ1n) is 5.21. The minimum absolute atomic E-state index is 0.190. The van der Waals surface area contributed by atoms with Gasteiger partial charge < -0.3 is 4.84 Å². The maximum Gasteiger partial charge on any atom is 0.145 e. The zero-order chi connectivity index (χ0) is 10.9. The summed E-state index contributed by atoms with van der Waals surface area (Å²) in [4.78, 5) is 4.98. The van der Waals surface area contributed by atoms with E-state index < -0.39 is 0 Å². The Labute approximate surface area is 89.7 Å². The summed E-state index contributed by atoms with van der Waals surface area (Å²) in [6.45, 7) is 2.31. The van der Waals surface area contributed by atoms with Crippen LogP contribution >= 0.6 is 0 Å². The number of nitrogens with zero attached hydrogens (tertiary/aromatic N) is 1. The molecule has 0 aromatic heterocycles. The average molecular weight is 209 g/mol. The second kappa shape index (κ2) is 6.98. The third-order valence-corrected chi connectivity index (χ3v) is 2.01. The molecule has 3 heteroatoms. The van der Waals surface area contributed by atoms with E-state index >= 15 is 0 Å². The van der Waals surface area contributed by atoms with E-state index in [1.54, 1.807) is 24.4 Å². The third-order valence-electron chi connectivity index (χ3n) is 2.01. The Hall–Kier alpha value is -1.38. The van der Waals surface area contributed by atoms with Crippen LogP contribution in [0.3, 0.4) is 0 Å². The molecule has 0 spiro atoms. The summed E-state index contributed by atoms with van der Waals surface area (Å²) in [6, 6.07) is 6.54. The molecule has 1 rings (SSSR count). The van der Waals surface area contributed by atoms with Crippen molar-refractivity contribution in [3.05, 3.63) is 35.6 Å². The number of benzene rings is 1. The number of oxime groups is 1. The van der Waals surface area contributed by atoms with Gasteiger partial charge in [-0.15, -0.1) is 0 Å². The SMILES string of the molecule is CCCCC=NOCc1ccccc1F. The Morgan fingerprint density at radius 3 is 2.93 bits per heavy atom. The van der Waals surface area contributed by atoms with Crippen LogP contribution in [-0.4, -0.2) is 6.21 Å². The van der Waals surface area contributed by atoms with Crippen LogP contribution in [-0.2, 0) is 11.4 Å². The van der Waals surface area contributed by atoms with E-state index in [0.29, 0.717) is 5.56 Å².